The Morgan fingerprint density at radius 3 is 1.75 bits per heavy atom. The number of rotatable bonds is 4. The molecule has 0 aliphatic rings. The van der Waals surface area contributed by atoms with Crippen molar-refractivity contribution in [2.75, 3.05) is 14.2 Å². The van der Waals surface area contributed by atoms with Crippen LogP contribution < -0.4 is 14.2 Å². The first-order valence-corrected chi connectivity index (χ1v) is 6.69. The molecule has 0 saturated carbocycles. The third-order valence-electron chi connectivity index (χ3n) is 2.68. The van der Waals surface area contributed by atoms with Crippen LogP contribution in [-0.4, -0.2) is 14.2 Å². The van der Waals surface area contributed by atoms with Gasteiger partial charge in [-0.25, -0.2) is 0 Å². The molecule has 3 heteroatoms. The van der Waals surface area contributed by atoms with E-state index in [0.29, 0.717) is 0 Å². The van der Waals surface area contributed by atoms with Gasteiger partial charge in [-0.05, 0) is 42.8 Å². The second-order valence-electron chi connectivity index (χ2n) is 3.91. The lowest BCUT2D eigenvalue weighted by molar-refractivity contribution is 0.406. The van der Waals surface area contributed by atoms with Crippen molar-refractivity contribution < 1.29 is 14.2 Å². The van der Waals surface area contributed by atoms with Gasteiger partial charge in [0.25, 0.3) is 0 Å². The molecule has 0 aliphatic heterocycles. The molecule has 0 saturated heterocycles. The first-order chi connectivity index (χ1) is 9.72. The molecule has 0 amide bonds. The predicted molar refractivity (Wildman–Crippen MR) is 82.1 cm³/mol. The molecular weight excluding hydrogens is 252 g/mol. The van der Waals surface area contributed by atoms with Gasteiger partial charge in [-0.1, -0.05) is 19.9 Å². The summed E-state index contributed by atoms with van der Waals surface area (Å²) in [7, 11) is 3.28. The molecule has 0 atom stereocenters. The van der Waals surface area contributed by atoms with Gasteiger partial charge in [-0.3, -0.25) is 0 Å². The van der Waals surface area contributed by atoms with E-state index in [4.69, 9.17) is 14.2 Å². The molecule has 0 radical (unpaired) electrons. The normalized spacial score (nSPS) is 9.25. The lowest BCUT2D eigenvalue weighted by Gasteiger charge is -2.10. The standard InChI is InChI=1S/C15H16O3.C2H6/c1-11-4-5-14(17-3)10-15(11)18-13-8-6-12(16-2)7-9-13;1-2/h4-10H,1-3H3;1-2H3. The van der Waals surface area contributed by atoms with Crippen LogP contribution in [-0.2, 0) is 0 Å². The average molecular weight is 274 g/mol. The summed E-state index contributed by atoms with van der Waals surface area (Å²) in [6, 6.07) is 13.2. The molecule has 3 nitrogen and oxygen atoms in total. The van der Waals surface area contributed by atoms with Gasteiger partial charge in [0.1, 0.15) is 23.0 Å². The van der Waals surface area contributed by atoms with Gasteiger partial charge in [0.2, 0.25) is 0 Å². The summed E-state index contributed by atoms with van der Waals surface area (Å²) in [5.74, 6) is 3.15. The molecule has 0 aromatic heterocycles. The van der Waals surface area contributed by atoms with E-state index in [9.17, 15) is 0 Å². The van der Waals surface area contributed by atoms with E-state index in [0.717, 1.165) is 28.6 Å². The summed E-state index contributed by atoms with van der Waals surface area (Å²) >= 11 is 0. The zero-order valence-electron chi connectivity index (χ0n) is 12.8. The number of hydrogen-bond donors (Lipinski definition) is 0. The molecule has 0 bridgehead atoms. The van der Waals surface area contributed by atoms with Crippen LogP contribution in [0.15, 0.2) is 42.5 Å². The Morgan fingerprint density at radius 1 is 0.700 bits per heavy atom. The summed E-state index contributed by atoms with van der Waals surface area (Å²) in [6.07, 6.45) is 0. The summed E-state index contributed by atoms with van der Waals surface area (Å²) in [6.45, 7) is 6.00. The minimum Gasteiger partial charge on any atom is -0.497 e. The van der Waals surface area contributed by atoms with E-state index in [1.54, 1.807) is 14.2 Å². The predicted octanol–water partition coefficient (Wildman–Crippen LogP) is 4.83. The van der Waals surface area contributed by atoms with E-state index in [-0.39, 0.29) is 0 Å². The van der Waals surface area contributed by atoms with Gasteiger partial charge in [0.05, 0.1) is 14.2 Å². The number of aryl methyl sites for hydroxylation is 1. The van der Waals surface area contributed by atoms with Crippen LogP contribution in [0.2, 0.25) is 0 Å². The van der Waals surface area contributed by atoms with E-state index < -0.39 is 0 Å². The van der Waals surface area contributed by atoms with Crippen LogP contribution in [0.1, 0.15) is 19.4 Å². The minimum atomic E-state index is 0.771. The molecule has 20 heavy (non-hydrogen) atoms. The molecule has 0 N–H and O–H groups in total. The summed E-state index contributed by atoms with van der Waals surface area (Å²) in [5, 5.41) is 0. The Hall–Kier alpha value is -2.16. The quantitative estimate of drug-likeness (QED) is 0.799. The second-order valence-corrected chi connectivity index (χ2v) is 3.91. The molecule has 0 heterocycles. The third kappa shape index (κ3) is 4.19. The van der Waals surface area contributed by atoms with Crippen LogP contribution in [0.3, 0.4) is 0 Å². The summed E-state index contributed by atoms with van der Waals surface area (Å²) in [5.41, 5.74) is 1.06. The van der Waals surface area contributed by atoms with Crippen molar-refractivity contribution in [1.82, 2.24) is 0 Å². The van der Waals surface area contributed by atoms with E-state index >= 15 is 0 Å². The van der Waals surface area contributed by atoms with Crippen molar-refractivity contribution in [1.29, 1.82) is 0 Å². The number of hydrogen-bond acceptors (Lipinski definition) is 3. The Balaban J connectivity index is 0.000000956. The lowest BCUT2D eigenvalue weighted by Crippen LogP contribution is -1.90. The highest BCUT2D eigenvalue weighted by Crippen LogP contribution is 2.29. The van der Waals surface area contributed by atoms with Crippen molar-refractivity contribution in [3.05, 3.63) is 48.0 Å². The van der Waals surface area contributed by atoms with Crippen molar-refractivity contribution >= 4 is 0 Å². The highest BCUT2D eigenvalue weighted by atomic mass is 16.5. The molecule has 2 rings (SSSR count). The third-order valence-corrected chi connectivity index (χ3v) is 2.68. The average Bonchev–Trinajstić information content (AvgIpc) is 2.52. The van der Waals surface area contributed by atoms with Crippen LogP contribution in [0.4, 0.5) is 0 Å². The SMILES string of the molecule is CC.COc1ccc(Oc2cc(OC)ccc2C)cc1. The topological polar surface area (TPSA) is 27.7 Å². The minimum absolute atomic E-state index is 0.771. The number of benzene rings is 2. The maximum Gasteiger partial charge on any atom is 0.134 e. The van der Waals surface area contributed by atoms with Gasteiger partial charge in [0, 0.05) is 6.07 Å². The van der Waals surface area contributed by atoms with Gasteiger partial charge < -0.3 is 14.2 Å². The fourth-order valence-electron chi connectivity index (χ4n) is 1.59. The van der Waals surface area contributed by atoms with Crippen molar-refractivity contribution in [2.24, 2.45) is 0 Å². The fourth-order valence-corrected chi connectivity index (χ4v) is 1.59. The number of ether oxygens (including phenoxy) is 3. The van der Waals surface area contributed by atoms with Gasteiger partial charge in [0.15, 0.2) is 0 Å². The Bertz CT molecular complexity index is 518. The molecule has 2 aromatic carbocycles. The Kier molecular flexibility index (Phi) is 6.44. The summed E-state index contributed by atoms with van der Waals surface area (Å²) in [4.78, 5) is 0. The second kappa shape index (κ2) is 8.10. The molecule has 0 fully saturated rings. The van der Waals surface area contributed by atoms with Crippen molar-refractivity contribution in [3.8, 4) is 23.0 Å². The highest BCUT2D eigenvalue weighted by Gasteiger charge is 2.03. The zero-order valence-corrected chi connectivity index (χ0v) is 12.8. The largest absolute Gasteiger partial charge is 0.497 e. The van der Waals surface area contributed by atoms with Crippen LogP contribution in [0, 0.1) is 6.92 Å². The van der Waals surface area contributed by atoms with Crippen LogP contribution in [0.5, 0.6) is 23.0 Å². The lowest BCUT2D eigenvalue weighted by atomic mass is 10.2. The van der Waals surface area contributed by atoms with Gasteiger partial charge >= 0.3 is 0 Å². The van der Waals surface area contributed by atoms with Crippen LogP contribution in [0.25, 0.3) is 0 Å². The smallest absolute Gasteiger partial charge is 0.134 e. The van der Waals surface area contributed by atoms with Gasteiger partial charge in [-0.2, -0.15) is 0 Å². The monoisotopic (exact) mass is 274 g/mol. The van der Waals surface area contributed by atoms with E-state index in [1.807, 2.05) is 63.2 Å². The first kappa shape index (κ1) is 15.9. The molecule has 0 spiro atoms. The Morgan fingerprint density at radius 2 is 1.20 bits per heavy atom. The first-order valence-electron chi connectivity index (χ1n) is 6.69. The van der Waals surface area contributed by atoms with E-state index in [2.05, 4.69) is 0 Å². The van der Waals surface area contributed by atoms with Crippen LogP contribution >= 0.6 is 0 Å². The fraction of sp³-hybridized carbons (Fsp3) is 0.294. The Labute approximate surface area is 121 Å². The number of methoxy groups -OCH3 is 2. The highest BCUT2D eigenvalue weighted by molar-refractivity contribution is 5.43. The zero-order chi connectivity index (χ0) is 15.0. The molecule has 108 valence electrons. The maximum absolute atomic E-state index is 5.82. The molecule has 0 unspecified atom stereocenters. The van der Waals surface area contributed by atoms with Gasteiger partial charge in [-0.15, -0.1) is 0 Å². The summed E-state index contributed by atoms with van der Waals surface area (Å²) < 4.78 is 16.1. The molecular formula is C17H22O3. The molecule has 2 aromatic rings. The maximum atomic E-state index is 5.82. The van der Waals surface area contributed by atoms with E-state index in [1.165, 1.54) is 0 Å². The van der Waals surface area contributed by atoms with Crippen molar-refractivity contribution in [3.63, 3.8) is 0 Å². The molecule has 0 aliphatic carbocycles. The van der Waals surface area contributed by atoms with Crippen molar-refractivity contribution in [2.45, 2.75) is 20.8 Å².